The maximum absolute atomic E-state index is 12.6. The fourth-order valence-corrected chi connectivity index (χ4v) is 1.63. The zero-order valence-corrected chi connectivity index (χ0v) is 9.52. The Morgan fingerprint density at radius 1 is 1.22 bits per heavy atom. The van der Waals surface area contributed by atoms with E-state index in [1.54, 1.807) is 0 Å². The van der Waals surface area contributed by atoms with Gasteiger partial charge in [0.15, 0.2) is 0 Å². The van der Waals surface area contributed by atoms with Crippen LogP contribution in [0.5, 0.6) is 0 Å². The van der Waals surface area contributed by atoms with E-state index >= 15 is 0 Å². The molecule has 0 amide bonds. The van der Waals surface area contributed by atoms with Crippen molar-refractivity contribution in [2.45, 2.75) is 4.90 Å². The third-order valence-corrected chi connectivity index (χ3v) is 2.77. The van der Waals surface area contributed by atoms with E-state index in [-0.39, 0.29) is 10.8 Å². The van der Waals surface area contributed by atoms with Gasteiger partial charge in [0.2, 0.25) is 12.3 Å². The summed E-state index contributed by atoms with van der Waals surface area (Å²) in [5.74, 6) is -0.0675. The molecule has 0 saturated heterocycles. The van der Waals surface area contributed by atoms with E-state index in [4.69, 9.17) is 4.55 Å². The Morgan fingerprint density at radius 2 is 1.89 bits per heavy atom. The van der Waals surface area contributed by atoms with Crippen LogP contribution in [0.3, 0.4) is 0 Å². The fourth-order valence-electron chi connectivity index (χ4n) is 1.15. The van der Waals surface area contributed by atoms with Gasteiger partial charge >= 0.3 is 6.08 Å². The number of nitrogens with zero attached hydrogens (tertiary/aromatic N) is 3. The minimum absolute atomic E-state index is 0.0675. The van der Waals surface area contributed by atoms with Crippen molar-refractivity contribution < 1.29 is 17.4 Å². The van der Waals surface area contributed by atoms with E-state index in [0.717, 1.165) is 0 Å². The van der Waals surface area contributed by atoms with Gasteiger partial charge in [-0.05, 0) is 24.3 Å². The molecule has 0 atom stereocenters. The van der Waals surface area contributed by atoms with E-state index in [9.17, 15) is 12.8 Å². The fraction of sp³-hybridized carbons (Fsp3) is 0. The maximum atomic E-state index is 12.6. The first-order valence-corrected chi connectivity index (χ1v) is 6.01. The first kappa shape index (κ1) is 12.3. The number of aromatic nitrogens is 3. The first-order valence-electron chi connectivity index (χ1n) is 4.57. The normalized spacial score (nSPS) is 11.2. The lowest BCUT2D eigenvalue weighted by Crippen LogP contribution is -2.01. The molecule has 1 aromatic carbocycles. The Bertz CT molecular complexity index is 660. The number of halogens is 1. The average molecular weight is 269 g/mol. The largest absolute Gasteiger partial charge is 0.324 e. The Balaban J connectivity index is 2.21. The molecule has 93 valence electrons. The molecule has 0 aliphatic rings. The number of anilines is 2. The van der Waals surface area contributed by atoms with Gasteiger partial charge in [-0.1, -0.05) is 0 Å². The van der Waals surface area contributed by atoms with Crippen molar-refractivity contribution in [2.24, 2.45) is 0 Å². The van der Waals surface area contributed by atoms with Crippen molar-refractivity contribution in [3.05, 3.63) is 36.7 Å². The molecule has 9 heteroatoms. The molecule has 0 fully saturated rings. The van der Waals surface area contributed by atoms with Gasteiger partial charge in [0, 0.05) is 5.69 Å². The van der Waals surface area contributed by atoms with Gasteiger partial charge in [0.05, 0.1) is 4.90 Å². The Labute approximate surface area is 101 Å². The topological polar surface area (TPSA) is 105 Å². The number of rotatable bonds is 3. The minimum atomic E-state index is -4.23. The molecule has 18 heavy (non-hydrogen) atoms. The summed E-state index contributed by atoms with van der Waals surface area (Å²) < 4.78 is 43.0. The van der Waals surface area contributed by atoms with Gasteiger partial charge < -0.3 is 5.32 Å². The average Bonchev–Trinajstić information content (AvgIpc) is 2.28. The first-order chi connectivity index (χ1) is 8.45. The van der Waals surface area contributed by atoms with Crippen LogP contribution in [0.4, 0.5) is 16.0 Å². The quantitative estimate of drug-likeness (QED) is 0.794. The Kier molecular flexibility index (Phi) is 3.17. The lowest BCUT2D eigenvalue weighted by molar-refractivity contribution is 0.483. The van der Waals surface area contributed by atoms with Crippen LogP contribution >= 0.6 is 0 Å². The van der Waals surface area contributed by atoms with E-state index in [1.807, 2.05) is 6.33 Å². The molecule has 1 aromatic heterocycles. The number of hydrogen-bond acceptors (Lipinski definition) is 6. The van der Waals surface area contributed by atoms with Crippen molar-refractivity contribution in [1.82, 2.24) is 15.0 Å². The standard InChI is InChI=1S/C9H6FN4O3S/c10-8-11-5-12-9(14-8)13-6-1-3-7(4-2-6)18(15,16)17/h1-4H,(H,15,16,17)(H,11,12,13,14). The molecular weight excluding hydrogens is 263 g/mol. The zero-order valence-electron chi connectivity index (χ0n) is 8.70. The number of benzene rings is 1. The molecular formula is C9H6FN4O3S. The molecule has 7 nitrogen and oxygen atoms in total. The van der Waals surface area contributed by atoms with Gasteiger partial charge in [-0.25, -0.2) is 0 Å². The summed E-state index contributed by atoms with van der Waals surface area (Å²) in [5.41, 5.74) is 0.418. The van der Waals surface area contributed by atoms with Crippen LogP contribution in [-0.2, 0) is 10.1 Å². The highest BCUT2D eigenvalue weighted by molar-refractivity contribution is 7.85. The third kappa shape index (κ3) is 2.96. The van der Waals surface area contributed by atoms with Crippen molar-refractivity contribution in [1.29, 1.82) is 0 Å². The molecule has 0 saturated carbocycles. The van der Waals surface area contributed by atoms with Gasteiger partial charge in [0.1, 0.15) is 0 Å². The SMILES string of the molecule is O=S(=O)(O)c1ccc(Nc2n[c]nc(F)n2)cc1. The summed E-state index contributed by atoms with van der Waals surface area (Å²) in [6.07, 6.45) is 1.07. The molecule has 2 aromatic rings. The molecule has 0 bridgehead atoms. The second-order valence-corrected chi connectivity index (χ2v) is 4.57. The van der Waals surface area contributed by atoms with Gasteiger partial charge in [-0.2, -0.15) is 27.8 Å². The lowest BCUT2D eigenvalue weighted by atomic mass is 10.3. The predicted octanol–water partition coefficient (Wildman–Crippen LogP) is 0.801. The summed E-state index contributed by atoms with van der Waals surface area (Å²) >= 11 is 0. The smallest absolute Gasteiger partial charge is 0.314 e. The summed E-state index contributed by atoms with van der Waals surface area (Å²) in [5, 5.41) is 2.61. The van der Waals surface area contributed by atoms with E-state index in [1.165, 1.54) is 24.3 Å². The highest BCUT2D eigenvalue weighted by atomic mass is 32.2. The van der Waals surface area contributed by atoms with Crippen molar-refractivity contribution in [3.63, 3.8) is 0 Å². The number of hydrogen-bond donors (Lipinski definition) is 2. The van der Waals surface area contributed by atoms with Crippen LogP contribution < -0.4 is 5.32 Å². The third-order valence-electron chi connectivity index (χ3n) is 1.90. The van der Waals surface area contributed by atoms with Gasteiger partial charge in [-0.3, -0.25) is 4.55 Å². The monoisotopic (exact) mass is 269 g/mol. The number of nitrogens with one attached hydrogen (secondary N) is 1. The molecule has 2 rings (SSSR count). The van der Waals surface area contributed by atoms with E-state index < -0.39 is 16.2 Å². The Morgan fingerprint density at radius 3 is 2.44 bits per heavy atom. The van der Waals surface area contributed by atoms with E-state index in [2.05, 4.69) is 20.3 Å². The molecule has 0 spiro atoms. The molecule has 1 heterocycles. The van der Waals surface area contributed by atoms with Crippen LogP contribution in [0.25, 0.3) is 0 Å². The Hall–Kier alpha value is -2.13. The predicted molar refractivity (Wildman–Crippen MR) is 58.2 cm³/mol. The summed E-state index contributed by atoms with van der Waals surface area (Å²) in [4.78, 5) is 9.69. The van der Waals surface area contributed by atoms with Gasteiger partial charge in [-0.15, -0.1) is 0 Å². The maximum Gasteiger partial charge on any atom is 0.314 e. The molecule has 1 radical (unpaired) electrons. The molecule has 2 N–H and O–H groups in total. The summed E-state index contributed by atoms with van der Waals surface area (Å²) in [7, 11) is -4.23. The second kappa shape index (κ2) is 4.63. The van der Waals surface area contributed by atoms with Crippen molar-refractivity contribution in [2.75, 3.05) is 5.32 Å². The second-order valence-electron chi connectivity index (χ2n) is 3.15. The van der Waals surface area contributed by atoms with Crippen LogP contribution in [-0.4, -0.2) is 27.9 Å². The van der Waals surface area contributed by atoms with Crippen LogP contribution in [0, 0.1) is 12.4 Å². The summed E-state index contributed by atoms with van der Waals surface area (Å²) in [6, 6.07) is 5.09. The van der Waals surface area contributed by atoms with Crippen LogP contribution in [0.15, 0.2) is 29.2 Å². The minimum Gasteiger partial charge on any atom is -0.324 e. The highest BCUT2D eigenvalue weighted by Gasteiger charge is 2.08. The molecule has 0 unspecified atom stereocenters. The molecule has 0 aliphatic heterocycles. The van der Waals surface area contributed by atoms with Crippen LogP contribution in [0.2, 0.25) is 0 Å². The van der Waals surface area contributed by atoms with Crippen molar-refractivity contribution in [3.8, 4) is 0 Å². The van der Waals surface area contributed by atoms with Crippen LogP contribution in [0.1, 0.15) is 0 Å². The lowest BCUT2D eigenvalue weighted by Gasteiger charge is -2.04. The highest BCUT2D eigenvalue weighted by Crippen LogP contribution is 2.16. The molecule has 0 aliphatic carbocycles. The van der Waals surface area contributed by atoms with E-state index in [0.29, 0.717) is 5.69 Å². The summed E-state index contributed by atoms with van der Waals surface area (Å²) in [6.45, 7) is 0. The zero-order chi connectivity index (χ0) is 13.2. The van der Waals surface area contributed by atoms with Gasteiger partial charge in [0.25, 0.3) is 10.1 Å². The van der Waals surface area contributed by atoms with Crippen molar-refractivity contribution >= 4 is 21.8 Å².